The minimum absolute atomic E-state index is 0.438. The molecule has 0 aliphatic heterocycles. The highest BCUT2D eigenvalue weighted by Crippen LogP contribution is 2.18. The second kappa shape index (κ2) is 5.02. The van der Waals surface area contributed by atoms with Crippen molar-refractivity contribution in [2.45, 2.75) is 32.3 Å². The number of aliphatic hydroxyl groups excluding tert-OH is 1. The van der Waals surface area contributed by atoms with E-state index in [1.165, 1.54) is 6.92 Å². The molecule has 1 rings (SSSR count). The first-order valence-electron chi connectivity index (χ1n) is 4.70. The van der Waals surface area contributed by atoms with Crippen LogP contribution in [0.15, 0.2) is 12.2 Å². The molecule has 0 aromatic rings. The normalized spacial score (nSPS) is 24.0. The molecule has 0 aromatic carbocycles. The second-order valence-corrected chi connectivity index (χ2v) is 3.46. The van der Waals surface area contributed by atoms with Crippen molar-refractivity contribution >= 4 is 5.97 Å². The quantitative estimate of drug-likeness (QED) is 0.530. The van der Waals surface area contributed by atoms with Crippen LogP contribution in [0.3, 0.4) is 0 Å². The Morgan fingerprint density at radius 2 is 2.46 bits per heavy atom. The van der Waals surface area contributed by atoms with Gasteiger partial charge < -0.3 is 9.84 Å². The fraction of sp³-hybridized carbons (Fsp3) is 0.700. The molecule has 0 saturated heterocycles. The fourth-order valence-electron chi connectivity index (χ4n) is 1.33. The molecule has 1 N–H and O–H groups in total. The van der Waals surface area contributed by atoms with E-state index in [2.05, 4.69) is 12.2 Å². The second-order valence-electron chi connectivity index (χ2n) is 3.46. The predicted molar refractivity (Wildman–Crippen MR) is 49.1 cm³/mol. The van der Waals surface area contributed by atoms with Gasteiger partial charge >= 0.3 is 5.97 Å². The molecule has 3 heteroatoms. The van der Waals surface area contributed by atoms with Crippen LogP contribution in [0, 0.1) is 5.92 Å². The molecular weight excluding hydrogens is 168 g/mol. The van der Waals surface area contributed by atoms with Gasteiger partial charge in [0.05, 0.1) is 6.61 Å². The number of aliphatic hydroxyl groups is 1. The van der Waals surface area contributed by atoms with E-state index in [0.29, 0.717) is 12.5 Å². The van der Waals surface area contributed by atoms with Gasteiger partial charge in [0.1, 0.15) is 6.10 Å². The zero-order chi connectivity index (χ0) is 9.68. The van der Waals surface area contributed by atoms with E-state index in [1.807, 2.05) is 0 Å². The Kier molecular flexibility index (Phi) is 3.96. The van der Waals surface area contributed by atoms with Gasteiger partial charge in [-0.2, -0.15) is 0 Å². The lowest BCUT2D eigenvalue weighted by Gasteiger charge is -2.17. The molecule has 13 heavy (non-hydrogen) atoms. The van der Waals surface area contributed by atoms with E-state index < -0.39 is 12.1 Å². The summed E-state index contributed by atoms with van der Waals surface area (Å²) in [5.41, 5.74) is 0. The molecule has 0 aromatic heterocycles. The summed E-state index contributed by atoms with van der Waals surface area (Å²) < 4.78 is 4.92. The summed E-state index contributed by atoms with van der Waals surface area (Å²) in [6.45, 7) is 1.86. The first kappa shape index (κ1) is 10.3. The molecule has 0 amide bonds. The molecule has 2 atom stereocenters. The summed E-state index contributed by atoms with van der Waals surface area (Å²) in [6, 6.07) is 0. The van der Waals surface area contributed by atoms with Gasteiger partial charge in [-0.05, 0) is 32.1 Å². The van der Waals surface area contributed by atoms with Crippen molar-refractivity contribution in [3.8, 4) is 0 Å². The lowest BCUT2D eigenvalue weighted by molar-refractivity contribution is -0.154. The number of esters is 1. The number of allylic oxidation sites excluding steroid dienone is 2. The Hall–Kier alpha value is -0.830. The van der Waals surface area contributed by atoms with Gasteiger partial charge in [-0.15, -0.1) is 0 Å². The van der Waals surface area contributed by atoms with E-state index >= 15 is 0 Å². The summed E-state index contributed by atoms with van der Waals surface area (Å²) in [6.07, 6.45) is 6.38. The van der Waals surface area contributed by atoms with Crippen molar-refractivity contribution in [1.82, 2.24) is 0 Å². The maximum absolute atomic E-state index is 10.9. The third kappa shape index (κ3) is 3.59. The van der Waals surface area contributed by atoms with Gasteiger partial charge in [-0.3, -0.25) is 0 Å². The van der Waals surface area contributed by atoms with Crippen LogP contribution in [-0.2, 0) is 9.53 Å². The van der Waals surface area contributed by atoms with Crippen molar-refractivity contribution in [3.63, 3.8) is 0 Å². The van der Waals surface area contributed by atoms with E-state index in [1.54, 1.807) is 0 Å². The smallest absolute Gasteiger partial charge is 0.334 e. The van der Waals surface area contributed by atoms with E-state index in [4.69, 9.17) is 9.84 Å². The SMILES string of the molecule is CC(O)C(=O)OCC1CC=CCC1. The standard InChI is InChI=1S/C10H16O3/c1-8(11)10(12)13-7-9-5-3-2-4-6-9/h2-3,8-9,11H,4-7H2,1H3. The third-order valence-corrected chi connectivity index (χ3v) is 2.18. The molecule has 0 spiro atoms. The zero-order valence-corrected chi connectivity index (χ0v) is 7.90. The monoisotopic (exact) mass is 184 g/mol. The number of carbonyl (C=O) groups excluding carboxylic acids is 1. The van der Waals surface area contributed by atoms with Crippen LogP contribution in [0.25, 0.3) is 0 Å². The molecule has 0 heterocycles. The number of hydrogen-bond acceptors (Lipinski definition) is 3. The Morgan fingerprint density at radius 1 is 1.69 bits per heavy atom. The Morgan fingerprint density at radius 3 is 3.00 bits per heavy atom. The van der Waals surface area contributed by atoms with E-state index in [0.717, 1.165) is 19.3 Å². The highest BCUT2D eigenvalue weighted by atomic mass is 16.5. The van der Waals surface area contributed by atoms with Crippen LogP contribution in [0.1, 0.15) is 26.2 Å². The Balaban J connectivity index is 2.18. The number of hydrogen-bond donors (Lipinski definition) is 1. The third-order valence-electron chi connectivity index (χ3n) is 2.18. The highest BCUT2D eigenvalue weighted by molar-refractivity contribution is 5.73. The number of carbonyl (C=O) groups is 1. The lowest BCUT2D eigenvalue weighted by atomic mass is 9.95. The van der Waals surface area contributed by atoms with Crippen LogP contribution in [0.2, 0.25) is 0 Å². The molecule has 74 valence electrons. The minimum atomic E-state index is -1.00. The summed E-state index contributed by atoms with van der Waals surface area (Å²) in [5.74, 6) is -0.0812. The Labute approximate surface area is 78.4 Å². The van der Waals surface area contributed by atoms with Gasteiger partial charge in [0.15, 0.2) is 0 Å². The van der Waals surface area contributed by atoms with Crippen LogP contribution >= 0.6 is 0 Å². The average Bonchev–Trinajstić information content (AvgIpc) is 2.15. The highest BCUT2D eigenvalue weighted by Gasteiger charge is 2.15. The molecule has 2 unspecified atom stereocenters. The molecule has 1 aliphatic carbocycles. The van der Waals surface area contributed by atoms with Crippen molar-refractivity contribution in [2.75, 3.05) is 6.61 Å². The number of rotatable bonds is 3. The van der Waals surface area contributed by atoms with Crippen molar-refractivity contribution < 1.29 is 14.6 Å². The van der Waals surface area contributed by atoms with Gasteiger partial charge in [-0.25, -0.2) is 4.79 Å². The van der Waals surface area contributed by atoms with Crippen molar-refractivity contribution in [3.05, 3.63) is 12.2 Å². The van der Waals surface area contributed by atoms with E-state index in [-0.39, 0.29) is 0 Å². The minimum Gasteiger partial charge on any atom is -0.463 e. The number of ether oxygens (including phenoxy) is 1. The van der Waals surface area contributed by atoms with Crippen LogP contribution in [0.4, 0.5) is 0 Å². The molecule has 3 nitrogen and oxygen atoms in total. The zero-order valence-electron chi connectivity index (χ0n) is 7.90. The maximum Gasteiger partial charge on any atom is 0.334 e. The predicted octanol–water partition coefficient (Wildman–Crippen LogP) is 1.27. The Bertz CT molecular complexity index is 196. The maximum atomic E-state index is 10.9. The fourth-order valence-corrected chi connectivity index (χ4v) is 1.33. The van der Waals surface area contributed by atoms with Crippen molar-refractivity contribution in [1.29, 1.82) is 0 Å². The summed E-state index contributed by atoms with van der Waals surface area (Å²) in [4.78, 5) is 10.9. The van der Waals surface area contributed by atoms with E-state index in [9.17, 15) is 4.79 Å². The summed E-state index contributed by atoms with van der Waals surface area (Å²) in [7, 11) is 0. The molecule has 0 radical (unpaired) electrons. The topological polar surface area (TPSA) is 46.5 Å². The molecule has 0 bridgehead atoms. The first-order valence-corrected chi connectivity index (χ1v) is 4.70. The van der Waals surface area contributed by atoms with Gasteiger partial charge in [0.2, 0.25) is 0 Å². The lowest BCUT2D eigenvalue weighted by Crippen LogP contribution is -2.23. The first-order chi connectivity index (χ1) is 6.20. The molecule has 0 saturated carbocycles. The summed E-state index contributed by atoms with van der Waals surface area (Å²) >= 11 is 0. The van der Waals surface area contributed by atoms with Crippen LogP contribution < -0.4 is 0 Å². The summed E-state index contributed by atoms with van der Waals surface area (Å²) in [5, 5.41) is 8.86. The van der Waals surface area contributed by atoms with Gasteiger partial charge in [0.25, 0.3) is 0 Å². The average molecular weight is 184 g/mol. The van der Waals surface area contributed by atoms with Gasteiger partial charge in [-0.1, -0.05) is 12.2 Å². The van der Waals surface area contributed by atoms with Crippen molar-refractivity contribution in [2.24, 2.45) is 5.92 Å². The molecule has 1 aliphatic rings. The molecule has 0 fully saturated rings. The largest absolute Gasteiger partial charge is 0.463 e. The molecular formula is C10H16O3. The van der Waals surface area contributed by atoms with Gasteiger partial charge in [0, 0.05) is 0 Å². The van der Waals surface area contributed by atoms with Crippen LogP contribution in [-0.4, -0.2) is 23.8 Å². The van der Waals surface area contributed by atoms with Crippen LogP contribution in [0.5, 0.6) is 0 Å².